The maximum atomic E-state index is 11.4. The van der Waals surface area contributed by atoms with Gasteiger partial charge in [0.15, 0.2) is 0 Å². The third kappa shape index (κ3) is 2.50. The van der Waals surface area contributed by atoms with Crippen molar-refractivity contribution in [1.82, 2.24) is 4.57 Å². The third-order valence-electron chi connectivity index (χ3n) is 3.53. The highest BCUT2D eigenvalue weighted by Crippen LogP contribution is 2.30. The molecule has 0 amide bonds. The van der Waals surface area contributed by atoms with Gasteiger partial charge in [-0.2, -0.15) is 0 Å². The topological polar surface area (TPSA) is 42.2 Å². The average Bonchev–Trinajstić information content (AvgIpc) is 2.75. The molecule has 0 aliphatic carbocycles. The maximum absolute atomic E-state index is 11.4. The number of fused-ring (bicyclic) bond motifs is 1. The first-order chi connectivity index (χ1) is 9.06. The highest BCUT2D eigenvalue weighted by molar-refractivity contribution is 6.03. The monoisotopic (exact) mass is 259 g/mol. The van der Waals surface area contributed by atoms with Gasteiger partial charge in [-0.05, 0) is 24.0 Å². The number of hydrogen-bond donors (Lipinski definition) is 1. The van der Waals surface area contributed by atoms with Gasteiger partial charge in [-0.15, -0.1) is 0 Å². The number of carboxylic acids is 1. The molecule has 1 heterocycles. The number of nitrogens with zero attached hydrogens (tertiary/aromatic N) is 1. The second-order valence-corrected chi connectivity index (χ2v) is 5.29. The van der Waals surface area contributed by atoms with Crippen LogP contribution in [0.4, 0.5) is 0 Å². The van der Waals surface area contributed by atoms with Crippen LogP contribution in [0.25, 0.3) is 10.9 Å². The molecule has 0 bridgehead atoms. The van der Waals surface area contributed by atoms with Crippen LogP contribution in [0, 0.1) is 0 Å². The lowest BCUT2D eigenvalue weighted by atomic mass is 10.0. The van der Waals surface area contributed by atoms with Gasteiger partial charge in [0.2, 0.25) is 0 Å². The van der Waals surface area contributed by atoms with Gasteiger partial charge in [0.05, 0.1) is 11.1 Å². The summed E-state index contributed by atoms with van der Waals surface area (Å²) in [6.07, 6.45) is 4.29. The first-order valence-corrected chi connectivity index (χ1v) is 6.91. The molecule has 0 saturated heterocycles. The van der Waals surface area contributed by atoms with Crippen LogP contribution in [0.3, 0.4) is 0 Å². The highest BCUT2D eigenvalue weighted by atomic mass is 16.4. The average molecular weight is 259 g/mol. The van der Waals surface area contributed by atoms with Crippen LogP contribution < -0.4 is 0 Å². The van der Waals surface area contributed by atoms with E-state index in [4.69, 9.17) is 0 Å². The first kappa shape index (κ1) is 13.7. The summed E-state index contributed by atoms with van der Waals surface area (Å²) in [5, 5.41) is 10.4. The predicted molar refractivity (Wildman–Crippen MR) is 77.9 cm³/mol. The van der Waals surface area contributed by atoms with Crippen molar-refractivity contribution in [2.24, 2.45) is 0 Å². The van der Waals surface area contributed by atoms with E-state index in [2.05, 4.69) is 31.5 Å². The van der Waals surface area contributed by atoms with E-state index in [1.54, 1.807) is 6.07 Å². The predicted octanol–water partition coefficient (Wildman–Crippen LogP) is 4.26. The van der Waals surface area contributed by atoms with Gasteiger partial charge >= 0.3 is 5.97 Å². The quantitative estimate of drug-likeness (QED) is 0.871. The van der Waals surface area contributed by atoms with Gasteiger partial charge in [-0.1, -0.05) is 39.3 Å². The largest absolute Gasteiger partial charge is 0.478 e. The van der Waals surface area contributed by atoms with Crippen molar-refractivity contribution in [2.45, 2.75) is 46.1 Å². The molecule has 1 aromatic carbocycles. The SMILES string of the molecule is CCCCn1cc(C(C)C)c2cccc(C(=O)O)c21. The number of unbranched alkanes of at least 4 members (excludes halogenated alkanes) is 1. The van der Waals surface area contributed by atoms with Gasteiger partial charge in [0, 0.05) is 18.1 Å². The Kier molecular flexibility index (Phi) is 3.93. The molecule has 0 aliphatic heterocycles. The van der Waals surface area contributed by atoms with E-state index in [0.717, 1.165) is 30.3 Å². The molecular formula is C16H21NO2. The number of carboxylic acid groups (broad SMARTS) is 1. The zero-order valence-corrected chi connectivity index (χ0v) is 11.8. The van der Waals surface area contributed by atoms with E-state index in [-0.39, 0.29) is 0 Å². The van der Waals surface area contributed by atoms with Crippen LogP contribution in [0.5, 0.6) is 0 Å². The molecule has 19 heavy (non-hydrogen) atoms. The van der Waals surface area contributed by atoms with Gasteiger partial charge in [0.1, 0.15) is 0 Å². The van der Waals surface area contributed by atoms with Crippen molar-refractivity contribution < 1.29 is 9.90 Å². The van der Waals surface area contributed by atoms with Gasteiger partial charge < -0.3 is 9.67 Å². The molecule has 0 spiro atoms. The number of aryl methyl sites for hydroxylation is 1. The van der Waals surface area contributed by atoms with Gasteiger partial charge in [0.25, 0.3) is 0 Å². The standard InChI is InChI=1S/C16H21NO2/c1-4-5-9-17-10-14(11(2)3)12-7-6-8-13(15(12)17)16(18)19/h6-8,10-11H,4-5,9H2,1-3H3,(H,18,19). The molecule has 2 rings (SSSR count). The van der Waals surface area contributed by atoms with Gasteiger partial charge in [-0.25, -0.2) is 4.79 Å². The number of aromatic nitrogens is 1. The van der Waals surface area contributed by atoms with Crippen molar-refractivity contribution >= 4 is 16.9 Å². The summed E-state index contributed by atoms with van der Waals surface area (Å²) in [5.41, 5.74) is 2.50. The third-order valence-corrected chi connectivity index (χ3v) is 3.53. The van der Waals surface area contributed by atoms with Gasteiger partial charge in [-0.3, -0.25) is 0 Å². The summed E-state index contributed by atoms with van der Waals surface area (Å²) >= 11 is 0. The van der Waals surface area contributed by atoms with Crippen molar-refractivity contribution in [1.29, 1.82) is 0 Å². The summed E-state index contributed by atoms with van der Waals surface area (Å²) < 4.78 is 2.11. The molecule has 0 atom stereocenters. The number of benzene rings is 1. The van der Waals surface area contributed by atoms with E-state index in [9.17, 15) is 9.90 Å². The fraction of sp³-hybridized carbons (Fsp3) is 0.438. The molecule has 0 aliphatic rings. The maximum Gasteiger partial charge on any atom is 0.337 e. The molecule has 1 aromatic heterocycles. The van der Waals surface area contributed by atoms with Crippen LogP contribution >= 0.6 is 0 Å². The molecule has 0 saturated carbocycles. The fourth-order valence-electron chi connectivity index (χ4n) is 2.53. The molecule has 1 N–H and O–H groups in total. The Bertz CT molecular complexity index is 596. The van der Waals surface area contributed by atoms with Crippen LogP contribution in [-0.4, -0.2) is 15.6 Å². The Hall–Kier alpha value is -1.77. The number of hydrogen-bond acceptors (Lipinski definition) is 1. The number of para-hydroxylation sites is 1. The molecule has 0 unspecified atom stereocenters. The second kappa shape index (κ2) is 5.47. The summed E-state index contributed by atoms with van der Waals surface area (Å²) in [4.78, 5) is 11.4. The zero-order chi connectivity index (χ0) is 14.0. The lowest BCUT2D eigenvalue weighted by Gasteiger charge is -2.06. The van der Waals surface area contributed by atoms with Crippen LogP contribution in [0.1, 0.15) is 55.5 Å². The van der Waals surface area contributed by atoms with Crippen LogP contribution in [-0.2, 0) is 6.54 Å². The van der Waals surface area contributed by atoms with E-state index in [1.165, 1.54) is 5.56 Å². The van der Waals surface area contributed by atoms with E-state index in [0.29, 0.717) is 11.5 Å². The zero-order valence-electron chi connectivity index (χ0n) is 11.8. The first-order valence-electron chi connectivity index (χ1n) is 6.91. The molecule has 3 heteroatoms. The number of aromatic carboxylic acids is 1. The minimum atomic E-state index is -0.850. The molecule has 0 fully saturated rings. The normalized spacial score (nSPS) is 11.4. The van der Waals surface area contributed by atoms with Crippen molar-refractivity contribution in [3.8, 4) is 0 Å². The Morgan fingerprint density at radius 1 is 1.37 bits per heavy atom. The second-order valence-electron chi connectivity index (χ2n) is 5.29. The highest BCUT2D eigenvalue weighted by Gasteiger charge is 2.17. The lowest BCUT2D eigenvalue weighted by Crippen LogP contribution is -2.03. The minimum absolute atomic E-state index is 0.398. The Morgan fingerprint density at radius 2 is 2.11 bits per heavy atom. The number of carbonyl (C=O) groups is 1. The van der Waals surface area contributed by atoms with Crippen LogP contribution in [0.15, 0.2) is 24.4 Å². The lowest BCUT2D eigenvalue weighted by molar-refractivity contribution is 0.0698. The summed E-state index contributed by atoms with van der Waals surface area (Å²) in [6.45, 7) is 7.32. The van der Waals surface area contributed by atoms with Crippen LogP contribution in [0.2, 0.25) is 0 Å². The Morgan fingerprint density at radius 3 is 2.68 bits per heavy atom. The fourth-order valence-corrected chi connectivity index (χ4v) is 2.53. The summed E-state index contributed by atoms with van der Waals surface area (Å²) in [5.74, 6) is -0.453. The Labute approximate surface area is 113 Å². The number of rotatable bonds is 5. The minimum Gasteiger partial charge on any atom is -0.478 e. The smallest absolute Gasteiger partial charge is 0.337 e. The van der Waals surface area contributed by atoms with Crippen molar-refractivity contribution in [2.75, 3.05) is 0 Å². The molecule has 0 radical (unpaired) electrons. The molecular weight excluding hydrogens is 238 g/mol. The Balaban J connectivity index is 2.68. The molecule has 2 aromatic rings. The van der Waals surface area contributed by atoms with E-state index in [1.807, 2.05) is 12.1 Å². The van der Waals surface area contributed by atoms with E-state index >= 15 is 0 Å². The molecule has 3 nitrogen and oxygen atoms in total. The summed E-state index contributed by atoms with van der Waals surface area (Å²) in [7, 11) is 0. The summed E-state index contributed by atoms with van der Waals surface area (Å²) in [6, 6.07) is 5.55. The van der Waals surface area contributed by atoms with E-state index < -0.39 is 5.97 Å². The van der Waals surface area contributed by atoms with Crippen molar-refractivity contribution in [3.63, 3.8) is 0 Å². The van der Waals surface area contributed by atoms with Crippen molar-refractivity contribution in [3.05, 3.63) is 35.5 Å². The molecule has 102 valence electrons.